The van der Waals surface area contributed by atoms with Crippen molar-refractivity contribution in [3.63, 3.8) is 0 Å². The Morgan fingerprint density at radius 2 is 1.71 bits per heavy atom. The Bertz CT molecular complexity index is 161. The standard InChI is InChI=1S/C13H26O/c1-9(2)5-11-6-12(10(3)4)8-13(14)7-11/h9-14H,5-8H2,1-4H3/t11-,12+,13-/m0/s1. The largest absolute Gasteiger partial charge is 0.393 e. The summed E-state index contributed by atoms with van der Waals surface area (Å²) in [6.07, 6.45) is 4.68. The molecule has 3 atom stereocenters. The molecule has 1 saturated carbocycles. The molecule has 1 aliphatic rings. The van der Waals surface area contributed by atoms with E-state index in [0.29, 0.717) is 0 Å². The van der Waals surface area contributed by atoms with Gasteiger partial charge in [0.25, 0.3) is 0 Å². The normalized spacial score (nSPS) is 34.1. The molecule has 14 heavy (non-hydrogen) atoms. The number of aliphatic hydroxyl groups excluding tert-OH is 1. The molecule has 1 nitrogen and oxygen atoms in total. The van der Waals surface area contributed by atoms with Gasteiger partial charge in [-0.25, -0.2) is 0 Å². The molecule has 0 radical (unpaired) electrons. The van der Waals surface area contributed by atoms with Crippen LogP contribution in [0.4, 0.5) is 0 Å². The van der Waals surface area contributed by atoms with Crippen LogP contribution in [-0.4, -0.2) is 11.2 Å². The molecule has 0 aromatic heterocycles. The van der Waals surface area contributed by atoms with E-state index in [1.165, 1.54) is 12.8 Å². The van der Waals surface area contributed by atoms with E-state index in [-0.39, 0.29) is 6.10 Å². The van der Waals surface area contributed by atoms with E-state index < -0.39 is 0 Å². The molecule has 1 aliphatic carbocycles. The van der Waals surface area contributed by atoms with Crippen molar-refractivity contribution in [3.05, 3.63) is 0 Å². The van der Waals surface area contributed by atoms with E-state index in [1.54, 1.807) is 0 Å². The minimum Gasteiger partial charge on any atom is -0.393 e. The van der Waals surface area contributed by atoms with Gasteiger partial charge in [-0.1, -0.05) is 27.7 Å². The third kappa shape index (κ3) is 3.61. The first-order valence-electron chi connectivity index (χ1n) is 6.17. The van der Waals surface area contributed by atoms with Crippen molar-refractivity contribution in [1.82, 2.24) is 0 Å². The van der Waals surface area contributed by atoms with Crippen molar-refractivity contribution in [1.29, 1.82) is 0 Å². The Morgan fingerprint density at radius 1 is 1.07 bits per heavy atom. The van der Waals surface area contributed by atoms with Crippen molar-refractivity contribution in [2.45, 2.75) is 59.5 Å². The van der Waals surface area contributed by atoms with Crippen molar-refractivity contribution in [2.75, 3.05) is 0 Å². The second-order valence-electron chi connectivity index (χ2n) is 5.86. The molecule has 0 saturated heterocycles. The van der Waals surface area contributed by atoms with E-state index in [9.17, 15) is 5.11 Å². The van der Waals surface area contributed by atoms with Gasteiger partial charge >= 0.3 is 0 Å². The summed E-state index contributed by atoms with van der Waals surface area (Å²) in [5, 5.41) is 9.81. The van der Waals surface area contributed by atoms with Crippen LogP contribution in [0, 0.1) is 23.7 Å². The van der Waals surface area contributed by atoms with E-state index in [1.807, 2.05) is 0 Å². The van der Waals surface area contributed by atoms with Crippen LogP contribution >= 0.6 is 0 Å². The summed E-state index contributed by atoms with van der Waals surface area (Å²) in [7, 11) is 0. The van der Waals surface area contributed by atoms with Gasteiger partial charge in [0.2, 0.25) is 0 Å². The van der Waals surface area contributed by atoms with Crippen molar-refractivity contribution in [3.8, 4) is 0 Å². The lowest BCUT2D eigenvalue weighted by molar-refractivity contribution is 0.0484. The highest BCUT2D eigenvalue weighted by Crippen LogP contribution is 2.36. The highest BCUT2D eigenvalue weighted by molar-refractivity contribution is 4.80. The molecule has 0 unspecified atom stereocenters. The van der Waals surface area contributed by atoms with Crippen LogP contribution in [0.3, 0.4) is 0 Å². The molecule has 0 aromatic carbocycles. The summed E-state index contributed by atoms with van der Waals surface area (Å²) >= 11 is 0. The second kappa shape index (κ2) is 5.16. The maximum absolute atomic E-state index is 9.81. The molecule has 84 valence electrons. The topological polar surface area (TPSA) is 20.2 Å². The van der Waals surface area contributed by atoms with Gasteiger partial charge in [-0.2, -0.15) is 0 Å². The summed E-state index contributed by atoms with van der Waals surface area (Å²) in [6, 6.07) is 0. The van der Waals surface area contributed by atoms with Gasteiger partial charge in [-0.05, 0) is 49.4 Å². The Labute approximate surface area is 88.9 Å². The smallest absolute Gasteiger partial charge is 0.0545 e. The lowest BCUT2D eigenvalue weighted by Gasteiger charge is -2.35. The van der Waals surface area contributed by atoms with E-state index in [2.05, 4.69) is 27.7 Å². The molecule has 1 fully saturated rings. The molecule has 0 amide bonds. The average Bonchev–Trinajstić information content (AvgIpc) is 2.01. The van der Waals surface area contributed by atoms with Crippen LogP contribution in [0.2, 0.25) is 0 Å². The lowest BCUT2D eigenvalue weighted by atomic mass is 9.72. The summed E-state index contributed by atoms with van der Waals surface area (Å²) < 4.78 is 0. The first-order chi connectivity index (χ1) is 6.49. The number of rotatable bonds is 3. The van der Waals surface area contributed by atoms with Gasteiger partial charge in [-0.3, -0.25) is 0 Å². The van der Waals surface area contributed by atoms with Gasteiger partial charge in [-0.15, -0.1) is 0 Å². The maximum atomic E-state index is 9.81. The summed E-state index contributed by atoms with van der Waals surface area (Å²) in [4.78, 5) is 0. The van der Waals surface area contributed by atoms with Crippen LogP contribution in [0.1, 0.15) is 53.4 Å². The van der Waals surface area contributed by atoms with Gasteiger partial charge in [0.15, 0.2) is 0 Å². The fourth-order valence-corrected chi connectivity index (χ4v) is 2.85. The molecular formula is C13H26O. The second-order valence-corrected chi connectivity index (χ2v) is 5.86. The monoisotopic (exact) mass is 198 g/mol. The van der Waals surface area contributed by atoms with E-state index in [0.717, 1.165) is 36.5 Å². The SMILES string of the molecule is CC(C)C[C@@H]1C[C@H](O)C[C@H](C(C)C)C1. The van der Waals surface area contributed by atoms with Crippen molar-refractivity contribution in [2.24, 2.45) is 23.7 Å². The average molecular weight is 198 g/mol. The molecule has 0 heterocycles. The van der Waals surface area contributed by atoms with Gasteiger partial charge in [0.05, 0.1) is 6.10 Å². The van der Waals surface area contributed by atoms with E-state index in [4.69, 9.17) is 0 Å². The molecule has 0 aliphatic heterocycles. The predicted octanol–water partition coefficient (Wildman–Crippen LogP) is 3.47. The molecule has 1 N–H and O–H groups in total. The minimum atomic E-state index is -0.0279. The summed E-state index contributed by atoms with van der Waals surface area (Å²) in [5.41, 5.74) is 0. The molecule has 1 heteroatoms. The highest BCUT2D eigenvalue weighted by Gasteiger charge is 2.29. The third-order valence-corrected chi connectivity index (χ3v) is 3.56. The van der Waals surface area contributed by atoms with Crippen LogP contribution < -0.4 is 0 Å². The lowest BCUT2D eigenvalue weighted by Crippen LogP contribution is -2.29. The molecule has 0 aromatic rings. The zero-order valence-electron chi connectivity index (χ0n) is 10.2. The first kappa shape index (κ1) is 12.0. The highest BCUT2D eigenvalue weighted by atomic mass is 16.3. The Morgan fingerprint density at radius 3 is 2.21 bits per heavy atom. The maximum Gasteiger partial charge on any atom is 0.0545 e. The Kier molecular flexibility index (Phi) is 4.43. The quantitative estimate of drug-likeness (QED) is 0.736. The van der Waals surface area contributed by atoms with Crippen molar-refractivity contribution >= 4 is 0 Å². The van der Waals surface area contributed by atoms with Gasteiger partial charge in [0.1, 0.15) is 0 Å². The zero-order chi connectivity index (χ0) is 10.7. The first-order valence-corrected chi connectivity index (χ1v) is 6.17. The third-order valence-electron chi connectivity index (χ3n) is 3.56. The molecule has 0 spiro atoms. The van der Waals surface area contributed by atoms with Crippen molar-refractivity contribution < 1.29 is 5.11 Å². The fraction of sp³-hybridized carbons (Fsp3) is 1.00. The van der Waals surface area contributed by atoms with Crippen LogP contribution in [0.25, 0.3) is 0 Å². The van der Waals surface area contributed by atoms with Crippen LogP contribution in [0.5, 0.6) is 0 Å². The van der Waals surface area contributed by atoms with Crippen LogP contribution in [-0.2, 0) is 0 Å². The number of aliphatic hydroxyl groups is 1. The minimum absolute atomic E-state index is 0.0279. The zero-order valence-corrected chi connectivity index (χ0v) is 10.2. The number of hydrogen-bond donors (Lipinski definition) is 1. The summed E-state index contributed by atoms with van der Waals surface area (Å²) in [6.45, 7) is 9.14. The van der Waals surface area contributed by atoms with Gasteiger partial charge in [0, 0.05) is 0 Å². The van der Waals surface area contributed by atoms with Crippen LogP contribution in [0.15, 0.2) is 0 Å². The molecular weight excluding hydrogens is 172 g/mol. The predicted molar refractivity (Wildman–Crippen MR) is 61.1 cm³/mol. The molecule has 1 rings (SSSR count). The Balaban J connectivity index is 2.45. The fourth-order valence-electron chi connectivity index (χ4n) is 2.85. The molecule has 0 bridgehead atoms. The van der Waals surface area contributed by atoms with E-state index >= 15 is 0 Å². The Hall–Kier alpha value is -0.0400. The van der Waals surface area contributed by atoms with Gasteiger partial charge < -0.3 is 5.11 Å². The summed E-state index contributed by atoms with van der Waals surface area (Å²) in [5.74, 6) is 3.03. The number of hydrogen-bond acceptors (Lipinski definition) is 1.